The van der Waals surface area contributed by atoms with Gasteiger partial charge in [0, 0.05) is 17.8 Å². The Labute approximate surface area is 103 Å². The number of nitrogens with zero attached hydrogens (tertiary/aromatic N) is 3. The van der Waals surface area contributed by atoms with Crippen molar-refractivity contribution >= 4 is 0 Å². The Bertz CT molecular complexity index is 695. The number of aromatic nitrogens is 4. The van der Waals surface area contributed by atoms with Crippen molar-refractivity contribution in [3.05, 3.63) is 65.2 Å². The lowest BCUT2D eigenvalue weighted by atomic mass is 10.2. The molecule has 18 heavy (non-hydrogen) atoms. The standard InChI is InChI=1S/C13H10N4O/c18-13-7-6-12(15-16-13)10-8-14-17(9-10)11-4-2-1-3-5-11/h1-9H,(H,16,18). The van der Waals surface area contributed by atoms with Gasteiger partial charge < -0.3 is 0 Å². The maximum Gasteiger partial charge on any atom is 0.264 e. The first-order valence-electron chi connectivity index (χ1n) is 5.49. The highest BCUT2D eigenvalue weighted by molar-refractivity contribution is 5.56. The predicted molar refractivity (Wildman–Crippen MR) is 67.4 cm³/mol. The average molecular weight is 238 g/mol. The minimum atomic E-state index is -0.214. The van der Waals surface area contributed by atoms with Crippen LogP contribution in [0.15, 0.2) is 59.7 Å². The molecule has 0 spiro atoms. The van der Waals surface area contributed by atoms with Crippen LogP contribution < -0.4 is 5.56 Å². The molecular weight excluding hydrogens is 228 g/mol. The Morgan fingerprint density at radius 2 is 1.89 bits per heavy atom. The molecule has 2 heterocycles. The van der Waals surface area contributed by atoms with Crippen LogP contribution in [-0.2, 0) is 0 Å². The fraction of sp³-hybridized carbons (Fsp3) is 0. The number of rotatable bonds is 2. The number of para-hydroxylation sites is 1. The molecule has 1 aromatic carbocycles. The monoisotopic (exact) mass is 238 g/mol. The third kappa shape index (κ3) is 1.93. The van der Waals surface area contributed by atoms with E-state index in [0.717, 1.165) is 11.3 Å². The van der Waals surface area contributed by atoms with Gasteiger partial charge in [-0.15, -0.1) is 0 Å². The molecule has 0 aliphatic rings. The fourth-order valence-electron chi connectivity index (χ4n) is 1.68. The maximum atomic E-state index is 10.9. The van der Waals surface area contributed by atoms with Crippen molar-refractivity contribution in [2.24, 2.45) is 0 Å². The summed E-state index contributed by atoms with van der Waals surface area (Å²) in [6.07, 6.45) is 3.59. The molecule has 3 rings (SSSR count). The van der Waals surface area contributed by atoms with Gasteiger partial charge in [-0.3, -0.25) is 4.79 Å². The van der Waals surface area contributed by atoms with Gasteiger partial charge in [-0.25, -0.2) is 9.78 Å². The van der Waals surface area contributed by atoms with Crippen LogP contribution in [0, 0.1) is 0 Å². The van der Waals surface area contributed by atoms with Gasteiger partial charge >= 0.3 is 0 Å². The smallest absolute Gasteiger partial charge is 0.264 e. The fourth-order valence-corrected chi connectivity index (χ4v) is 1.68. The second kappa shape index (κ2) is 4.29. The molecule has 0 aliphatic carbocycles. The van der Waals surface area contributed by atoms with Crippen molar-refractivity contribution in [2.75, 3.05) is 0 Å². The molecule has 0 bridgehead atoms. The number of hydrogen-bond donors (Lipinski definition) is 1. The van der Waals surface area contributed by atoms with Crippen molar-refractivity contribution in [1.82, 2.24) is 20.0 Å². The zero-order chi connectivity index (χ0) is 12.4. The number of nitrogens with one attached hydrogen (secondary N) is 1. The summed E-state index contributed by atoms with van der Waals surface area (Å²) in [4.78, 5) is 10.9. The lowest BCUT2D eigenvalue weighted by Crippen LogP contribution is -2.05. The topological polar surface area (TPSA) is 63.6 Å². The molecule has 2 aromatic heterocycles. The van der Waals surface area contributed by atoms with E-state index in [1.807, 2.05) is 36.5 Å². The van der Waals surface area contributed by atoms with Crippen LogP contribution in [0.2, 0.25) is 0 Å². The van der Waals surface area contributed by atoms with Gasteiger partial charge in [0.15, 0.2) is 0 Å². The van der Waals surface area contributed by atoms with Crippen LogP contribution in [0.4, 0.5) is 0 Å². The van der Waals surface area contributed by atoms with Crippen molar-refractivity contribution in [2.45, 2.75) is 0 Å². The average Bonchev–Trinajstić information content (AvgIpc) is 2.90. The van der Waals surface area contributed by atoms with Gasteiger partial charge in [-0.2, -0.15) is 10.2 Å². The summed E-state index contributed by atoms with van der Waals surface area (Å²) >= 11 is 0. The maximum absolute atomic E-state index is 10.9. The summed E-state index contributed by atoms with van der Waals surface area (Å²) in [5, 5.41) is 10.6. The summed E-state index contributed by atoms with van der Waals surface area (Å²) in [6, 6.07) is 12.9. The molecule has 0 aliphatic heterocycles. The van der Waals surface area contributed by atoms with E-state index in [4.69, 9.17) is 0 Å². The molecule has 0 unspecified atom stereocenters. The SMILES string of the molecule is O=c1ccc(-c2cnn(-c3ccccc3)c2)n[nH]1. The van der Waals surface area contributed by atoms with E-state index in [9.17, 15) is 4.79 Å². The zero-order valence-corrected chi connectivity index (χ0v) is 9.45. The largest absolute Gasteiger partial charge is 0.268 e. The van der Waals surface area contributed by atoms with Crippen molar-refractivity contribution in [3.8, 4) is 16.9 Å². The van der Waals surface area contributed by atoms with Crippen molar-refractivity contribution in [3.63, 3.8) is 0 Å². The molecule has 0 fully saturated rings. The lowest BCUT2D eigenvalue weighted by Gasteiger charge is -1.98. The molecule has 0 atom stereocenters. The number of H-pyrrole nitrogens is 1. The quantitative estimate of drug-likeness (QED) is 0.738. The number of aromatic amines is 1. The number of benzene rings is 1. The van der Waals surface area contributed by atoms with E-state index >= 15 is 0 Å². The Morgan fingerprint density at radius 3 is 2.61 bits per heavy atom. The summed E-state index contributed by atoms with van der Waals surface area (Å²) in [5.41, 5.74) is 2.31. The van der Waals surface area contributed by atoms with Crippen molar-refractivity contribution in [1.29, 1.82) is 0 Å². The first kappa shape index (κ1) is 10.5. The Morgan fingerprint density at radius 1 is 1.06 bits per heavy atom. The zero-order valence-electron chi connectivity index (χ0n) is 9.45. The third-order valence-electron chi connectivity index (χ3n) is 2.58. The lowest BCUT2D eigenvalue weighted by molar-refractivity contribution is 0.880. The molecule has 0 radical (unpaired) electrons. The normalized spacial score (nSPS) is 10.4. The summed E-state index contributed by atoms with van der Waals surface area (Å²) in [5.74, 6) is 0. The minimum absolute atomic E-state index is 0.214. The van der Waals surface area contributed by atoms with E-state index in [1.165, 1.54) is 6.07 Å². The van der Waals surface area contributed by atoms with Crippen LogP contribution in [0.3, 0.4) is 0 Å². The Balaban J connectivity index is 1.99. The number of hydrogen-bond acceptors (Lipinski definition) is 3. The molecule has 5 heteroatoms. The molecule has 0 amide bonds. The highest BCUT2D eigenvalue weighted by atomic mass is 16.1. The van der Waals surface area contributed by atoms with Gasteiger partial charge in [0.05, 0.1) is 17.6 Å². The van der Waals surface area contributed by atoms with E-state index in [-0.39, 0.29) is 5.56 Å². The second-order valence-electron chi connectivity index (χ2n) is 3.82. The Kier molecular flexibility index (Phi) is 2.49. The van der Waals surface area contributed by atoms with Gasteiger partial charge in [-0.1, -0.05) is 18.2 Å². The van der Waals surface area contributed by atoms with E-state index in [2.05, 4.69) is 15.3 Å². The van der Waals surface area contributed by atoms with Gasteiger partial charge in [-0.05, 0) is 18.2 Å². The third-order valence-corrected chi connectivity index (χ3v) is 2.58. The first-order chi connectivity index (χ1) is 8.83. The van der Waals surface area contributed by atoms with E-state index < -0.39 is 0 Å². The highest BCUT2D eigenvalue weighted by Crippen LogP contribution is 2.16. The van der Waals surface area contributed by atoms with Crippen LogP contribution in [0.5, 0.6) is 0 Å². The van der Waals surface area contributed by atoms with Crippen LogP contribution in [-0.4, -0.2) is 20.0 Å². The van der Waals surface area contributed by atoms with Gasteiger partial charge in [0.25, 0.3) is 5.56 Å². The Hall–Kier alpha value is -2.69. The summed E-state index contributed by atoms with van der Waals surface area (Å²) < 4.78 is 1.77. The molecule has 0 saturated carbocycles. The van der Waals surface area contributed by atoms with Crippen LogP contribution in [0.1, 0.15) is 0 Å². The van der Waals surface area contributed by atoms with E-state index in [1.54, 1.807) is 16.9 Å². The molecule has 3 aromatic rings. The highest BCUT2D eigenvalue weighted by Gasteiger charge is 2.04. The molecule has 0 saturated heterocycles. The molecule has 1 N–H and O–H groups in total. The first-order valence-corrected chi connectivity index (χ1v) is 5.49. The molecule has 5 nitrogen and oxygen atoms in total. The minimum Gasteiger partial charge on any atom is -0.268 e. The van der Waals surface area contributed by atoms with E-state index in [0.29, 0.717) is 5.69 Å². The summed E-state index contributed by atoms with van der Waals surface area (Å²) in [6.45, 7) is 0. The predicted octanol–water partition coefficient (Wildman–Crippen LogP) is 1.62. The van der Waals surface area contributed by atoms with Crippen molar-refractivity contribution < 1.29 is 0 Å². The molecular formula is C13H10N4O. The van der Waals surface area contributed by atoms with Gasteiger partial charge in [0.2, 0.25) is 0 Å². The van der Waals surface area contributed by atoms with Crippen LogP contribution >= 0.6 is 0 Å². The van der Waals surface area contributed by atoms with Crippen LogP contribution in [0.25, 0.3) is 16.9 Å². The second-order valence-corrected chi connectivity index (χ2v) is 3.82. The summed E-state index contributed by atoms with van der Waals surface area (Å²) in [7, 11) is 0. The molecule has 88 valence electrons. The van der Waals surface area contributed by atoms with Gasteiger partial charge in [0.1, 0.15) is 0 Å².